The van der Waals surface area contributed by atoms with E-state index < -0.39 is 9.52 Å². The first-order chi connectivity index (χ1) is 8.43. The molecule has 0 aromatic heterocycles. The molecule has 0 spiro atoms. The van der Waals surface area contributed by atoms with Gasteiger partial charge in [-0.05, 0) is 28.5 Å². The second kappa shape index (κ2) is 6.69. The summed E-state index contributed by atoms with van der Waals surface area (Å²) in [6, 6.07) is 0. The number of rotatable bonds is 6. The Balaban J connectivity index is 2.81. The molecule has 0 amide bonds. The van der Waals surface area contributed by atoms with Gasteiger partial charge in [-0.1, -0.05) is 46.3 Å². The fourth-order valence-electron chi connectivity index (χ4n) is 2.69. The maximum Gasteiger partial charge on any atom is 0.134 e. The Hall–Kier alpha value is -0.383. The van der Waals surface area contributed by atoms with Crippen LogP contribution in [0.15, 0.2) is 23.3 Å². The molecule has 0 aromatic rings. The van der Waals surface area contributed by atoms with Gasteiger partial charge in [-0.15, -0.1) is 0 Å². The SMILES string of the molecule is CCC([SiH2]C(OC)OC)C1=CCC=C1C(C)(C)C. The van der Waals surface area contributed by atoms with Crippen LogP contribution in [0, 0.1) is 5.41 Å². The second-order valence-electron chi connectivity index (χ2n) is 6.00. The van der Waals surface area contributed by atoms with E-state index in [-0.39, 0.29) is 11.3 Å². The minimum absolute atomic E-state index is 0.0395. The van der Waals surface area contributed by atoms with Crippen molar-refractivity contribution in [1.29, 1.82) is 0 Å². The Labute approximate surface area is 114 Å². The molecule has 0 heterocycles. The molecule has 1 rings (SSSR count). The number of hydrogen-bond acceptors (Lipinski definition) is 2. The van der Waals surface area contributed by atoms with Crippen molar-refractivity contribution in [2.24, 2.45) is 5.41 Å². The van der Waals surface area contributed by atoms with Crippen molar-refractivity contribution in [3.8, 4) is 0 Å². The molecule has 1 aliphatic carbocycles. The van der Waals surface area contributed by atoms with Crippen LogP contribution < -0.4 is 0 Å². The van der Waals surface area contributed by atoms with Gasteiger partial charge in [0.2, 0.25) is 0 Å². The van der Waals surface area contributed by atoms with E-state index in [9.17, 15) is 0 Å². The minimum atomic E-state index is -0.434. The molecule has 0 aliphatic heterocycles. The van der Waals surface area contributed by atoms with Crippen LogP contribution in [0.25, 0.3) is 0 Å². The molecule has 0 N–H and O–H groups in total. The largest absolute Gasteiger partial charge is 0.360 e. The van der Waals surface area contributed by atoms with Gasteiger partial charge >= 0.3 is 0 Å². The van der Waals surface area contributed by atoms with Crippen molar-refractivity contribution in [3.63, 3.8) is 0 Å². The van der Waals surface area contributed by atoms with Gasteiger partial charge in [-0.3, -0.25) is 0 Å². The maximum absolute atomic E-state index is 5.41. The molecule has 1 atom stereocenters. The van der Waals surface area contributed by atoms with Crippen molar-refractivity contribution in [2.45, 2.75) is 52.0 Å². The van der Waals surface area contributed by atoms with Crippen LogP contribution in [0.1, 0.15) is 40.5 Å². The van der Waals surface area contributed by atoms with Crippen molar-refractivity contribution < 1.29 is 9.47 Å². The zero-order valence-corrected chi connectivity index (χ0v) is 14.2. The van der Waals surface area contributed by atoms with E-state index in [1.807, 2.05) is 0 Å². The van der Waals surface area contributed by atoms with Gasteiger partial charge in [0, 0.05) is 14.2 Å². The topological polar surface area (TPSA) is 18.5 Å². The zero-order chi connectivity index (χ0) is 13.8. The van der Waals surface area contributed by atoms with Crippen molar-refractivity contribution in [2.75, 3.05) is 14.2 Å². The molecule has 3 heteroatoms. The minimum Gasteiger partial charge on any atom is -0.360 e. The van der Waals surface area contributed by atoms with Crippen LogP contribution >= 0.6 is 0 Å². The van der Waals surface area contributed by atoms with Crippen LogP contribution in [0.2, 0.25) is 5.54 Å². The standard InChI is InChI=1S/C15H28O2Si/c1-7-13(18-14(16-5)17-6)11-9-8-10-12(11)15(2,3)4/h9-10,13-14H,7-8,18H2,1-6H3. The van der Waals surface area contributed by atoms with Gasteiger partial charge < -0.3 is 9.47 Å². The van der Waals surface area contributed by atoms with E-state index in [1.165, 1.54) is 12.0 Å². The lowest BCUT2D eigenvalue weighted by Gasteiger charge is -2.29. The van der Waals surface area contributed by atoms with Crippen molar-refractivity contribution in [3.05, 3.63) is 23.3 Å². The van der Waals surface area contributed by atoms with E-state index in [0.717, 1.165) is 6.42 Å². The van der Waals surface area contributed by atoms with Crippen molar-refractivity contribution >= 4 is 9.52 Å². The van der Waals surface area contributed by atoms with Crippen LogP contribution in [0.3, 0.4) is 0 Å². The first kappa shape index (κ1) is 15.7. The van der Waals surface area contributed by atoms with Crippen LogP contribution in [0.4, 0.5) is 0 Å². The van der Waals surface area contributed by atoms with Crippen LogP contribution in [-0.4, -0.2) is 29.7 Å². The van der Waals surface area contributed by atoms with Gasteiger partial charge in [-0.25, -0.2) is 0 Å². The van der Waals surface area contributed by atoms with Crippen molar-refractivity contribution in [1.82, 2.24) is 0 Å². The number of hydrogen-bond donors (Lipinski definition) is 0. The lowest BCUT2D eigenvalue weighted by atomic mass is 9.82. The number of ether oxygens (including phenoxy) is 2. The number of allylic oxidation sites excluding steroid dienone is 4. The third kappa shape index (κ3) is 3.80. The van der Waals surface area contributed by atoms with Gasteiger partial charge in [0.1, 0.15) is 5.91 Å². The molecule has 1 aliphatic rings. The van der Waals surface area contributed by atoms with Gasteiger partial charge in [-0.2, -0.15) is 0 Å². The van der Waals surface area contributed by atoms with E-state index in [2.05, 4.69) is 39.8 Å². The van der Waals surface area contributed by atoms with Crippen LogP contribution in [-0.2, 0) is 9.47 Å². The molecule has 0 bridgehead atoms. The summed E-state index contributed by atoms with van der Waals surface area (Å²) in [6.45, 7) is 9.18. The first-order valence-electron chi connectivity index (χ1n) is 6.90. The smallest absolute Gasteiger partial charge is 0.134 e. The highest BCUT2D eigenvalue weighted by Crippen LogP contribution is 2.42. The summed E-state index contributed by atoms with van der Waals surface area (Å²) < 4.78 is 10.8. The molecule has 104 valence electrons. The molecular weight excluding hydrogens is 240 g/mol. The monoisotopic (exact) mass is 268 g/mol. The molecule has 0 fully saturated rings. The maximum atomic E-state index is 5.41. The highest BCUT2D eigenvalue weighted by Gasteiger charge is 2.29. The Morgan fingerprint density at radius 1 is 1.22 bits per heavy atom. The first-order valence-corrected chi connectivity index (χ1v) is 8.54. The molecule has 2 nitrogen and oxygen atoms in total. The van der Waals surface area contributed by atoms with Gasteiger partial charge in [0.15, 0.2) is 0 Å². The normalized spacial score (nSPS) is 18.6. The summed E-state index contributed by atoms with van der Waals surface area (Å²) in [4.78, 5) is 0. The van der Waals surface area contributed by atoms with E-state index >= 15 is 0 Å². The average Bonchev–Trinajstić information content (AvgIpc) is 2.79. The molecule has 18 heavy (non-hydrogen) atoms. The molecule has 0 aromatic carbocycles. The summed E-state index contributed by atoms with van der Waals surface area (Å²) >= 11 is 0. The summed E-state index contributed by atoms with van der Waals surface area (Å²) in [7, 11) is 3.06. The predicted molar refractivity (Wildman–Crippen MR) is 80.6 cm³/mol. The highest BCUT2D eigenvalue weighted by molar-refractivity contribution is 6.40. The lowest BCUT2D eigenvalue weighted by Crippen LogP contribution is -2.27. The molecule has 0 saturated carbocycles. The van der Waals surface area contributed by atoms with Gasteiger partial charge in [0.25, 0.3) is 0 Å². The summed E-state index contributed by atoms with van der Waals surface area (Å²) in [5, 5.41) is 0. The highest BCUT2D eigenvalue weighted by atomic mass is 28.2. The second-order valence-corrected chi connectivity index (χ2v) is 8.13. The summed E-state index contributed by atoms with van der Waals surface area (Å²) in [6.07, 6.45) is 7.08. The average molecular weight is 268 g/mol. The Kier molecular flexibility index (Phi) is 5.82. The molecule has 1 unspecified atom stereocenters. The fraction of sp³-hybridized carbons (Fsp3) is 0.733. The molecule has 0 saturated heterocycles. The van der Waals surface area contributed by atoms with E-state index in [0.29, 0.717) is 5.54 Å². The van der Waals surface area contributed by atoms with Crippen LogP contribution in [0.5, 0.6) is 0 Å². The Morgan fingerprint density at radius 2 is 1.83 bits per heavy atom. The summed E-state index contributed by atoms with van der Waals surface area (Å²) in [5.41, 5.74) is 4.02. The fourth-order valence-corrected chi connectivity index (χ4v) is 4.52. The quantitative estimate of drug-likeness (QED) is 0.544. The third-order valence-electron chi connectivity index (χ3n) is 3.71. The summed E-state index contributed by atoms with van der Waals surface area (Å²) in [5.74, 6) is 0.0395. The number of methoxy groups -OCH3 is 2. The van der Waals surface area contributed by atoms with E-state index in [4.69, 9.17) is 9.47 Å². The van der Waals surface area contributed by atoms with Gasteiger partial charge in [0.05, 0.1) is 9.52 Å². The predicted octanol–water partition coefficient (Wildman–Crippen LogP) is 3.23. The van der Waals surface area contributed by atoms with E-state index in [1.54, 1.807) is 19.8 Å². The third-order valence-corrected chi connectivity index (χ3v) is 6.35. The molecular formula is C15H28O2Si. The Bertz CT molecular complexity index is 322. The zero-order valence-electron chi connectivity index (χ0n) is 12.7. The molecule has 0 radical (unpaired) electrons. The lowest BCUT2D eigenvalue weighted by molar-refractivity contribution is -0.0446. The Morgan fingerprint density at radius 3 is 2.28 bits per heavy atom.